The molecule has 0 radical (unpaired) electrons. The molecule has 1 aromatic carbocycles. The SMILES string of the molecule is Cc1cc(OCC2CCOC2)c(Br)cc1N. The van der Waals surface area contributed by atoms with Gasteiger partial charge in [0.2, 0.25) is 0 Å². The molecule has 1 aromatic rings. The van der Waals surface area contributed by atoms with Gasteiger partial charge < -0.3 is 15.2 Å². The quantitative estimate of drug-likeness (QED) is 0.869. The summed E-state index contributed by atoms with van der Waals surface area (Å²) in [4.78, 5) is 0. The molecule has 16 heavy (non-hydrogen) atoms. The molecule has 1 aliphatic rings. The van der Waals surface area contributed by atoms with Gasteiger partial charge in [0.15, 0.2) is 0 Å². The number of ether oxygens (including phenoxy) is 2. The highest BCUT2D eigenvalue weighted by molar-refractivity contribution is 9.10. The van der Waals surface area contributed by atoms with Gasteiger partial charge in [0, 0.05) is 18.2 Å². The Balaban J connectivity index is 2.00. The molecule has 88 valence electrons. The van der Waals surface area contributed by atoms with Crippen LogP contribution in [-0.2, 0) is 4.74 Å². The van der Waals surface area contributed by atoms with Gasteiger partial charge in [0.25, 0.3) is 0 Å². The summed E-state index contributed by atoms with van der Waals surface area (Å²) in [6, 6.07) is 3.85. The summed E-state index contributed by atoms with van der Waals surface area (Å²) >= 11 is 3.45. The Morgan fingerprint density at radius 2 is 2.38 bits per heavy atom. The molecule has 0 spiro atoms. The van der Waals surface area contributed by atoms with Crippen molar-refractivity contribution >= 4 is 21.6 Å². The molecule has 0 saturated carbocycles. The minimum atomic E-state index is 0.518. The molecular weight excluding hydrogens is 270 g/mol. The second-order valence-corrected chi connectivity index (χ2v) is 5.03. The first-order valence-corrected chi connectivity index (χ1v) is 6.22. The number of anilines is 1. The van der Waals surface area contributed by atoms with Crippen molar-refractivity contribution in [3.05, 3.63) is 22.2 Å². The number of nitrogens with two attached hydrogens (primary N) is 1. The standard InChI is InChI=1S/C12H16BrNO2/c1-8-4-12(10(13)5-11(8)14)16-7-9-2-3-15-6-9/h4-5,9H,2-3,6-7,14H2,1H3. The molecule has 2 N–H and O–H groups in total. The molecule has 0 bridgehead atoms. The van der Waals surface area contributed by atoms with E-state index in [0.29, 0.717) is 12.5 Å². The number of aryl methyl sites for hydroxylation is 1. The van der Waals surface area contributed by atoms with Crippen LogP contribution in [0.2, 0.25) is 0 Å². The molecule has 0 aromatic heterocycles. The highest BCUT2D eigenvalue weighted by atomic mass is 79.9. The van der Waals surface area contributed by atoms with Gasteiger partial charge in [-0.1, -0.05) is 0 Å². The number of halogens is 1. The van der Waals surface area contributed by atoms with Crippen LogP contribution in [0.25, 0.3) is 0 Å². The van der Waals surface area contributed by atoms with Crippen LogP contribution in [0.4, 0.5) is 5.69 Å². The first-order chi connectivity index (χ1) is 7.66. The lowest BCUT2D eigenvalue weighted by Gasteiger charge is -2.13. The van der Waals surface area contributed by atoms with Crippen LogP contribution in [-0.4, -0.2) is 19.8 Å². The van der Waals surface area contributed by atoms with E-state index in [1.807, 2.05) is 19.1 Å². The lowest BCUT2D eigenvalue weighted by Crippen LogP contribution is -2.12. The zero-order valence-electron chi connectivity index (χ0n) is 9.33. The zero-order chi connectivity index (χ0) is 11.5. The van der Waals surface area contributed by atoms with Crippen LogP contribution in [0.1, 0.15) is 12.0 Å². The predicted octanol–water partition coefficient (Wildman–Crippen LogP) is 2.76. The van der Waals surface area contributed by atoms with E-state index in [1.165, 1.54) is 0 Å². The lowest BCUT2D eigenvalue weighted by molar-refractivity contribution is 0.167. The van der Waals surface area contributed by atoms with E-state index in [2.05, 4.69) is 15.9 Å². The van der Waals surface area contributed by atoms with Gasteiger partial charge >= 0.3 is 0 Å². The Hall–Kier alpha value is -0.740. The zero-order valence-corrected chi connectivity index (χ0v) is 10.9. The van der Waals surface area contributed by atoms with E-state index in [-0.39, 0.29) is 0 Å². The van der Waals surface area contributed by atoms with Crippen LogP contribution in [0.5, 0.6) is 5.75 Å². The molecule has 0 aliphatic carbocycles. The minimum absolute atomic E-state index is 0.518. The van der Waals surface area contributed by atoms with Crippen LogP contribution >= 0.6 is 15.9 Å². The Morgan fingerprint density at radius 3 is 3.06 bits per heavy atom. The Kier molecular flexibility index (Phi) is 3.71. The van der Waals surface area contributed by atoms with E-state index in [4.69, 9.17) is 15.2 Å². The van der Waals surface area contributed by atoms with Crippen molar-refractivity contribution in [2.45, 2.75) is 13.3 Å². The normalized spacial score (nSPS) is 20.0. The van der Waals surface area contributed by atoms with E-state index in [9.17, 15) is 0 Å². The summed E-state index contributed by atoms with van der Waals surface area (Å²) < 4.78 is 12.0. The van der Waals surface area contributed by atoms with Crippen molar-refractivity contribution < 1.29 is 9.47 Å². The molecule has 1 heterocycles. The van der Waals surface area contributed by atoms with Crippen LogP contribution in [0, 0.1) is 12.8 Å². The third-order valence-electron chi connectivity index (χ3n) is 2.82. The van der Waals surface area contributed by atoms with Crippen molar-refractivity contribution in [2.75, 3.05) is 25.6 Å². The summed E-state index contributed by atoms with van der Waals surface area (Å²) in [7, 11) is 0. The van der Waals surface area contributed by atoms with Crippen molar-refractivity contribution in [3.63, 3.8) is 0 Å². The number of benzene rings is 1. The predicted molar refractivity (Wildman–Crippen MR) is 67.7 cm³/mol. The highest BCUT2D eigenvalue weighted by Gasteiger charge is 2.16. The fraction of sp³-hybridized carbons (Fsp3) is 0.500. The molecule has 1 unspecified atom stereocenters. The maximum atomic E-state index is 5.80. The number of hydrogen-bond acceptors (Lipinski definition) is 3. The average Bonchev–Trinajstić information content (AvgIpc) is 2.74. The molecule has 1 aliphatic heterocycles. The van der Waals surface area contributed by atoms with Gasteiger partial charge in [-0.3, -0.25) is 0 Å². The Labute approximate surface area is 104 Å². The first kappa shape index (κ1) is 11.7. The Bertz CT molecular complexity index is 376. The summed E-state index contributed by atoms with van der Waals surface area (Å²) in [5, 5.41) is 0. The Morgan fingerprint density at radius 1 is 1.56 bits per heavy atom. The summed E-state index contributed by atoms with van der Waals surface area (Å²) in [6.07, 6.45) is 1.09. The third-order valence-corrected chi connectivity index (χ3v) is 3.44. The van der Waals surface area contributed by atoms with Crippen LogP contribution < -0.4 is 10.5 Å². The van der Waals surface area contributed by atoms with Gasteiger partial charge in [0.05, 0.1) is 17.7 Å². The van der Waals surface area contributed by atoms with Gasteiger partial charge in [-0.2, -0.15) is 0 Å². The minimum Gasteiger partial charge on any atom is -0.492 e. The van der Waals surface area contributed by atoms with E-state index in [1.54, 1.807) is 0 Å². The third kappa shape index (κ3) is 2.68. The average molecular weight is 286 g/mol. The van der Waals surface area contributed by atoms with Crippen LogP contribution in [0.15, 0.2) is 16.6 Å². The molecule has 1 saturated heterocycles. The first-order valence-electron chi connectivity index (χ1n) is 5.43. The molecule has 2 rings (SSSR count). The highest BCUT2D eigenvalue weighted by Crippen LogP contribution is 2.30. The van der Waals surface area contributed by atoms with Crippen molar-refractivity contribution in [1.82, 2.24) is 0 Å². The largest absolute Gasteiger partial charge is 0.492 e. The van der Waals surface area contributed by atoms with Crippen molar-refractivity contribution in [2.24, 2.45) is 5.92 Å². The lowest BCUT2D eigenvalue weighted by atomic mass is 10.1. The summed E-state index contributed by atoms with van der Waals surface area (Å²) in [5.74, 6) is 1.38. The molecule has 1 fully saturated rings. The number of hydrogen-bond donors (Lipinski definition) is 1. The van der Waals surface area contributed by atoms with E-state index < -0.39 is 0 Å². The number of rotatable bonds is 3. The maximum Gasteiger partial charge on any atom is 0.133 e. The van der Waals surface area contributed by atoms with Gasteiger partial charge in [-0.05, 0) is 47.0 Å². The summed E-state index contributed by atoms with van der Waals surface area (Å²) in [5.41, 5.74) is 7.63. The van der Waals surface area contributed by atoms with E-state index >= 15 is 0 Å². The summed E-state index contributed by atoms with van der Waals surface area (Å²) in [6.45, 7) is 4.36. The van der Waals surface area contributed by atoms with Gasteiger partial charge in [0.1, 0.15) is 5.75 Å². The smallest absolute Gasteiger partial charge is 0.133 e. The molecule has 0 amide bonds. The van der Waals surface area contributed by atoms with E-state index in [0.717, 1.165) is 41.1 Å². The molecule has 1 atom stereocenters. The van der Waals surface area contributed by atoms with Crippen molar-refractivity contribution in [1.29, 1.82) is 0 Å². The van der Waals surface area contributed by atoms with Gasteiger partial charge in [-0.15, -0.1) is 0 Å². The second kappa shape index (κ2) is 5.06. The number of nitrogen functional groups attached to an aromatic ring is 1. The second-order valence-electron chi connectivity index (χ2n) is 4.18. The topological polar surface area (TPSA) is 44.5 Å². The fourth-order valence-corrected chi connectivity index (χ4v) is 2.18. The monoisotopic (exact) mass is 285 g/mol. The fourth-order valence-electron chi connectivity index (χ4n) is 1.70. The molecule has 4 heteroatoms. The maximum absolute atomic E-state index is 5.80. The van der Waals surface area contributed by atoms with Crippen molar-refractivity contribution in [3.8, 4) is 5.75 Å². The van der Waals surface area contributed by atoms with Crippen LogP contribution in [0.3, 0.4) is 0 Å². The molecular formula is C12H16BrNO2. The molecule has 3 nitrogen and oxygen atoms in total. The van der Waals surface area contributed by atoms with Gasteiger partial charge in [-0.25, -0.2) is 0 Å².